The summed E-state index contributed by atoms with van der Waals surface area (Å²) in [5.74, 6) is -1.03. The fraction of sp³-hybridized carbons (Fsp3) is 0. The Bertz CT molecular complexity index is 479. The van der Waals surface area contributed by atoms with Crippen molar-refractivity contribution in [3.8, 4) is 0 Å². The van der Waals surface area contributed by atoms with E-state index in [9.17, 15) is 4.79 Å². The topological polar surface area (TPSA) is 79.1 Å². The van der Waals surface area contributed by atoms with Crippen LogP contribution in [0.3, 0.4) is 0 Å². The van der Waals surface area contributed by atoms with Crippen molar-refractivity contribution in [3.05, 3.63) is 30.0 Å². The number of nitrogens with two attached hydrogens (primary N) is 1. The van der Waals surface area contributed by atoms with Gasteiger partial charge < -0.3 is 15.8 Å². The fourth-order valence-electron chi connectivity index (χ4n) is 1.33. The Hall–Kier alpha value is -0.334. The average Bonchev–Trinajstić information content (AvgIpc) is 2.45. The van der Waals surface area contributed by atoms with Gasteiger partial charge in [0, 0.05) is 10.9 Å². The third kappa shape index (κ3) is 1.87. The number of hydrogen-bond donors (Lipinski definition) is 3. The number of fused-ring (bicyclic) bond motifs is 1. The summed E-state index contributed by atoms with van der Waals surface area (Å²) < 4.78 is 0. The van der Waals surface area contributed by atoms with Gasteiger partial charge in [-0.05, 0) is 6.07 Å². The van der Waals surface area contributed by atoms with E-state index in [1.165, 1.54) is 0 Å². The van der Waals surface area contributed by atoms with Crippen LogP contribution in [-0.2, 0) is 0 Å². The second-order valence-electron chi connectivity index (χ2n) is 2.76. The van der Waals surface area contributed by atoms with E-state index in [4.69, 9.17) is 10.8 Å². The molecule has 1 aromatic heterocycles. The van der Waals surface area contributed by atoms with Crippen LogP contribution in [-0.4, -0.2) is 67.4 Å². The molecule has 0 saturated heterocycles. The molecule has 0 amide bonds. The van der Waals surface area contributed by atoms with Crippen LogP contribution in [0.1, 0.15) is 10.5 Å². The number of nitrogen functional groups attached to an aromatic ring is 1. The molecule has 5 heteroatoms. The first-order valence-corrected chi connectivity index (χ1v) is 3.79. The number of hydrogen-bond acceptors (Lipinski definition) is 2. The molecular formula is C9H9KN2O2. The van der Waals surface area contributed by atoms with E-state index >= 15 is 0 Å². The van der Waals surface area contributed by atoms with E-state index in [1.54, 1.807) is 12.1 Å². The number of benzene rings is 1. The summed E-state index contributed by atoms with van der Waals surface area (Å²) in [4.78, 5) is 13.4. The Morgan fingerprint density at radius 2 is 2.00 bits per heavy atom. The predicted octanol–water partition coefficient (Wildman–Crippen LogP) is 0.800. The van der Waals surface area contributed by atoms with Gasteiger partial charge in [-0.25, -0.2) is 4.79 Å². The van der Waals surface area contributed by atoms with Crippen molar-refractivity contribution in [1.82, 2.24) is 4.98 Å². The van der Waals surface area contributed by atoms with Crippen molar-refractivity contribution in [3.63, 3.8) is 0 Å². The average molecular weight is 216 g/mol. The van der Waals surface area contributed by atoms with E-state index in [1.807, 2.05) is 12.1 Å². The van der Waals surface area contributed by atoms with Crippen LogP contribution in [0.25, 0.3) is 10.9 Å². The Labute approximate surface area is 123 Å². The van der Waals surface area contributed by atoms with Crippen molar-refractivity contribution in [1.29, 1.82) is 0 Å². The summed E-state index contributed by atoms with van der Waals surface area (Å²) in [5, 5.41) is 9.51. The van der Waals surface area contributed by atoms with Crippen molar-refractivity contribution < 1.29 is 9.90 Å². The summed E-state index contributed by atoms with van der Waals surface area (Å²) in [5.41, 5.74) is 6.73. The SMILES string of the molecule is Nc1c(C(=O)O)[nH]c2ccccc12.[KH]. The maximum atomic E-state index is 10.7. The van der Waals surface area contributed by atoms with Crippen LogP contribution >= 0.6 is 0 Å². The molecule has 1 heterocycles. The molecule has 0 aliphatic heterocycles. The van der Waals surface area contributed by atoms with Gasteiger partial charge in [0.25, 0.3) is 0 Å². The second kappa shape index (κ2) is 4.46. The summed E-state index contributed by atoms with van der Waals surface area (Å²) in [7, 11) is 0. The third-order valence-corrected chi connectivity index (χ3v) is 1.96. The molecule has 0 spiro atoms. The molecule has 2 aromatic rings. The van der Waals surface area contributed by atoms with Gasteiger partial charge in [-0.2, -0.15) is 0 Å². The molecule has 68 valence electrons. The van der Waals surface area contributed by atoms with Gasteiger partial charge in [-0.1, -0.05) is 18.2 Å². The number of rotatable bonds is 1. The van der Waals surface area contributed by atoms with Gasteiger partial charge in [-0.15, -0.1) is 0 Å². The standard InChI is InChI=1S/C9H8N2O2.K.H/c10-7-5-3-1-2-4-6(5)11-8(7)9(12)13;;/h1-4,11H,10H2,(H,12,13);;. The molecule has 2 rings (SSSR count). The summed E-state index contributed by atoms with van der Waals surface area (Å²) >= 11 is 0. The van der Waals surface area contributed by atoms with Gasteiger partial charge >= 0.3 is 57.4 Å². The van der Waals surface area contributed by atoms with Crippen molar-refractivity contribution >= 4 is 73.9 Å². The number of para-hydroxylation sites is 1. The number of aromatic amines is 1. The Morgan fingerprint density at radius 3 is 2.57 bits per heavy atom. The van der Waals surface area contributed by atoms with Crippen LogP contribution in [0.15, 0.2) is 24.3 Å². The predicted molar refractivity (Wildman–Crippen MR) is 56.8 cm³/mol. The quantitative estimate of drug-likeness (QED) is 0.617. The number of carboxylic acid groups (broad SMARTS) is 1. The zero-order chi connectivity index (χ0) is 9.42. The van der Waals surface area contributed by atoms with Gasteiger partial charge in [0.15, 0.2) is 0 Å². The number of aromatic nitrogens is 1. The van der Waals surface area contributed by atoms with E-state index in [2.05, 4.69) is 4.98 Å². The van der Waals surface area contributed by atoms with Gasteiger partial charge in [-0.3, -0.25) is 0 Å². The summed E-state index contributed by atoms with van der Waals surface area (Å²) in [6.45, 7) is 0. The molecule has 0 saturated carbocycles. The zero-order valence-corrected chi connectivity index (χ0v) is 6.74. The molecule has 0 bridgehead atoms. The number of anilines is 1. The fourth-order valence-corrected chi connectivity index (χ4v) is 1.33. The molecule has 0 radical (unpaired) electrons. The number of nitrogens with one attached hydrogen (secondary N) is 1. The van der Waals surface area contributed by atoms with Crippen LogP contribution in [0.5, 0.6) is 0 Å². The summed E-state index contributed by atoms with van der Waals surface area (Å²) in [6, 6.07) is 7.22. The van der Waals surface area contributed by atoms with Gasteiger partial charge in [0.2, 0.25) is 0 Å². The first-order chi connectivity index (χ1) is 6.20. The molecule has 0 aliphatic carbocycles. The molecule has 1 aromatic carbocycles. The molecule has 0 unspecified atom stereocenters. The van der Waals surface area contributed by atoms with Crippen molar-refractivity contribution in [2.75, 3.05) is 5.73 Å². The molecule has 0 atom stereocenters. The molecule has 4 N–H and O–H groups in total. The molecule has 14 heavy (non-hydrogen) atoms. The van der Waals surface area contributed by atoms with Crippen molar-refractivity contribution in [2.24, 2.45) is 0 Å². The Balaban J connectivity index is 0.000000980. The van der Waals surface area contributed by atoms with E-state index in [0.29, 0.717) is 5.69 Å². The van der Waals surface area contributed by atoms with E-state index in [0.717, 1.165) is 10.9 Å². The maximum absolute atomic E-state index is 10.7. The van der Waals surface area contributed by atoms with E-state index in [-0.39, 0.29) is 57.1 Å². The van der Waals surface area contributed by atoms with Crippen LogP contribution < -0.4 is 5.73 Å². The van der Waals surface area contributed by atoms with Gasteiger partial charge in [0.1, 0.15) is 5.69 Å². The number of aromatic carboxylic acids is 1. The normalized spacial score (nSPS) is 9.71. The van der Waals surface area contributed by atoms with Crippen LogP contribution in [0.2, 0.25) is 0 Å². The molecule has 0 fully saturated rings. The summed E-state index contributed by atoms with van der Waals surface area (Å²) in [6.07, 6.45) is 0. The minimum atomic E-state index is -1.03. The Kier molecular flexibility index (Phi) is 3.74. The molecular weight excluding hydrogens is 207 g/mol. The van der Waals surface area contributed by atoms with Crippen LogP contribution in [0.4, 0.5) is 5.69 Å². The minimum absolute atomic E-state index is 0. The van der Waals surface area contributed by atoms with E-state index < -0.39 is 5.97 Å². The molecule has 4 nitrogen and oxygen atoms in total. The van der Waals surface area contributed by atoms with Crippen molar-refractivity contribution in [2.45, 2.75) is 0 Å². The number of H-pyrrole nitrogens is 1. The Morgan fingerprint density at radius 1 is 1.36 bits per heavy atom. The number of carboxylic acids is 1. The second-order valence-corrected chi connectivity index (χ2v) is 2.76. The number of carbonyl (C=O) groups is 1. The third-order valence-electron chi connectivity index (χ3n) is 1.96. The first-order valence-electron chi connectivity index (χ1n) is 3.79. The zero-order valence-electron chi connectivity index (χ0n) is 6.74. The van der Waals surface area contributed by atoms with Gasteiger partial charge in [0.05, 0.1) is 5.69 Å². The monoisotopic (exact) mass is 216 g/mol. The van der Waals surface area contributed by atoms with Crippen LogP contribution in [0, 0.1) is 0 Å². The molecule has 0 aliphatic rings. The first kappa shape index (κ1) is 11.7.